The number of benzene rings is 2. The van der Waals surface area contributed by atoms with Crippen molar-refractivity contribution in [3.05, 3.63) is 63.6 Å². The lowest BCUT2D eigenvalue weighted by atomic mass is 10.2. The van der Waals surface area contributed by atoms with Gasteiger partial charge in [-0.1, -0.05) is 57.5 Å². The average Bonchev–Trinajstić information content (AvgIpc) is 3.23. The SMILES string of the molecule is CCn1c(SCc2ccccc2Cl)nnc1-c1cc2cc(Br)ccc2o1. The number of nitrogens with zero attached hydrogens (tertiary/aromatic N) is 3. The van der Waals surface area contributed by atoms with Crippen molar-refractivity contribution in [1.82, 2.24) is 14.8 Å². The number of aromatic nitrogens is 3. The normalized spacial score (nSPS) is 11.3. The third kappa shape index (κ3) is 3.41. The first-order valence-electron chi connectivity index (χ1n) is 8.14. The Kier molecular flexibility index (Phi) is 5.07. The fraction of sp³-hybridized carbons (Fsp3) is 0.158. The summed E-state index contributed by atoms with van der Waals surface area (Å²) in [6, 6.07) is 15.8. The van der Waals surface area contributed by atoms with Crippen molar-refractivity contribution in [3.63, 3.8) is 0 Å². The van der Waals surface area contributed by atoms with Crippen LogP contribution in [0.25, 0.3) is 22.6 Å². The maximum absolute atomic E-state index is 6.25. The van der Waals surface area contributed by atoms with Crippen LogP contribution in [0.15, 0.2) is 62.6 Å². The second-order valence-corrected chi connectivity index (χ2v) is 7.99. The van der Waals surface area contributed by atoms with E-state index in [0.717, 1.165) is 55.1 Å². The topological polar surface area (TPSA) is 43.9 Å². The number of rotatable bonds is 5. The zero-order chi connectivity index (χ0) is 18.1. The van der Waals surface area contributed by atoms with E-state index >= 15 is 0 Å². The van der Waals surface area contributed by atoms with Crippen LogP contribution in [-0.2, 0) is 12.3 Å². The Bertz CT molecular complexity index is 1080. The van der Waals surface area contributed by atoms with Gasteiger partial charge in [-0.3, -0.25) is 4.57 Å². The Morgan fingerprint density at radius 3 is 2.81 bits per heavy atom. The lowest BCUT2D eigenvalue weighted by Gasteiger charge is -2.06. The second kappa shape index (κ2) is 7.47. The summed E-state index contributed by atoms with van der Waals surface area (Å²) in [6.07, 6.45) is 0. The Labute approximate surface area is 168 Å². The van der Waals surface area contributed by atoms with Gasteiger partial charge in [-0.2, -0.15) is 0 Å². The van der Waals surface area contributed by atoms with Crippen LogP contribution in [0.1, 0.15) is 12.5 Å². The van der Waals surface area contributed by atoms with E-state index in [9.17, 15) is 0 Å². The third-order valence-corrected chi connectivity index (χ3v) is 5.92. The van der Waals surface area contributed by atoms with Crippen LogP contribution in [0, 0.1) is 0 Å². The van der Waals surface area contributed by atoms with Crippen molar-refractivity contribution in [1.29, 1.82) is 0 Å². The maximum Gasteiger partial charge on any atom is 0.200 e. The minimum atomic E-state index is 0.719. The summed E-state index contributed by atoms with van der Waals surface area (Å²) in [6.45, 7) is 2.83. The molecule has 0 unspecified atom stereocenters. The van der Waals surface area contributed by atoms with Crippen molar-refractivity contribution < 1.29 is 4.42 Å². The van der Waals surface area contributed by atoms with E-state index in [1.54, 1.807) is 11.8 Å². The summed E-state index contributed by atoms with van der Waals surface area (Å²) in [5.41, 5.74) is 1.92. The molecule has 0 aliphatic rings. The molecule has 0 fully saturated rings. The zero-order valence-corrected chi connectivity index (χ0v) is 17.1. The van der Waals surface area contributed by atoms with Crippen molar-refractivity contribution in [2.24, 2.45) is 0 Å². The van der Waals surface area contributed by atoms with E-state index in [-0.39, 0.29) is 0 Å². The lowest BCUT2D eigenvalue weighted by Crippen LogP contribution is -1.99. The number of halogens is 2. The van der Waals surface area contributed by atoms with Crippen molar-refractivity contribution in [2.75, 3.05) is 0 Å². The first-order valence-corrected chi connectivity index (χ1v) is 10.3. The maximum atomic E-state index is 6.25. The number of thioether (sulfide) groups is 1. The quantitative estimate of drug-likeness (QED) is 0.330. The molecule has 7 heteroatoms. The van der Waals surface area contributed by atoms with Crippen LogP contribution in [-0.4, -0.2) is 14.8 Å². The van der Waals surface area contributed by atoms with Gasteiger partial charge < -0.3 is 4.42 Å². The van der Waals surface area contributed by atoms with Gasteiger partial charge in [-0.05, 0) is 42.8 Å². The molecule has 0 aliphatic carbocycles. The van der Waals surface area contributed by atoms with Crippen LogP contribution in [0.5, 0.6) is 0 Å². The predicted molar refractivity (Wildman–Crippen MR) is 110 cm³/mol. The number of hydrogen-bond acceptors (Lipinski definition) is 4. The van der Waals surface area contributed by atoms with Gasteiger partial charge in [0.05, 0.1) is 0 Å². The van der Waals surface area contributed by atoms with Gasteiger partial charge in [-0.25, -0.2) is 0 Å². The molecule has 0 spiro atoms. The fourth-order valence-electron chi connectivity index (χ4n) is 2.74. The Hall–Kier alpha value is -1.76. The molecule has 2 aromatic carbocycles. The van der Waals surface area contributed by atoms with Crippen molar-refractivity contribution >= 4 is 50.3 Å². The molecule has 0 aliphatic heterocycles. The Morgan fingerprint density at radius 1 is 1.15 bits per heavy atom. The second-order valence-electron chi connectivity index (χ2n) is 5.72. The smallest absolute Gasteiger partial charge is 0.200 e. The molecule has 0 radical (unpaired) electrons. The third-order valence-electron chi connectivity index (χ3n) is 4.05. The molecule has 0 N–H and O–H groups in total. The van der Waals surface area contributed by atoms with Gasteiger partial charge in [0.1, 0.15) is 5.58 Å². The predicted octanol–water partition coefficient (Wildman–Crippen LogP) is 6.42. The lowest BCUT2D eigenvalue weighted by molar-refractivity contribution is 0.607. The van der Waals surface area contributed by atoms with E-state index in [1.807, 2.05) is 48.5 Å². The van der Waals surface area contributed by atoms with Gasteiger partial charge in [0.25, 0.3) is 0 Å². The van der Waals surface area contributed by atoms with Crippen LogP contribution in [0.2, 0.25) is 5.02 Å². The van der Waals surface area contributed by atoms with E-state index in [2.05, 4.69) is 37.6 Å². The van der Waals surface area contributed by atoms with Crippen LogP contribution in [0.4, 0.5) is 0 Å². The van der Waals surface area contributed by atoms with E-state index < -0.39 is 0 Å². The van der Waals surface area contributed by atoms with Crippen molar-refractivity contribution in [3.8, 4) is 11.6 Å². The molecule has 132 valence electrons. The molecule has 0 atom stereocenters. The first-order chi connectivity index (χ1) is 12.7. The van der Waals surface area contributed by atoms with Crippen molar-refractivity contribution in [2.45, 2.75) is 24.4 Å². The highest BCUT2D eigenvalue weighted by atomic mass is 79.9. The molecule has 2 heterocycles. The molecule has 0 amide bonds. The van der Waals surface area contributed by atoms with E-state index in [4.69, 9.17) is 16.0 Å². The molecule has 0 saturated heterocycles. The highest BCUT2D eigenvalue weighted by Crippen LogP contribution is 2.32. The molecular weight excluding hydrogens is 434 g/mol. The Balaban J connectivity index is 1.64. The number of furan rings is 1. The highest BCUT2D eigenvalue weighted by molar-refractivity contribution is 9.10. The number of hydrogen-bond donors (Lipinski definition) is 0. The van der Waals surface area contributed by atoms with Gasteiger partial charge in [0, 0.05) is 27.2 Å². The van der Waals surface area contributed by atoms with Gasteiger partial charge in [0.15, 0.2) is 10.9 Å². The number of fused-ring (bicyclic) bond motifs is 1. The van der Waals surface area contributed by atoms with Crippen LogP contribution in [0.3, 0.4) is 0 Å². The first kappa shape index (κ1) is 17.6. The fourth-order valence-corrected chi connectivity index (χ4v) is 4.41. The standard InChI is InChI=1S/C19H15BrClN3OS/c1-2-24-18(17-10-13-9-14(20)7-8-16(13)25-17)22-23-19(24)26-11-12-5-3-4-6-15(12)21/h3-10H,2,11H2,1H3. The average molecular weight is 449 g/mol. The Morgan fingerprint density at radius 2 is 2.00 bits per heavy atom. The molecule has 26 heavy (non-hydrogen) atoms. The zero-order valence-electron chi connectivity index (χ0n) is 13.9. The minimum absolute atomic E-state index is 0.719. The molecule has 4 nitrogen and oxygen atoms in total. The van der Waals surface area contributed by atoms with E-state index in [1.165, 1.54) is 0 Å². The van der Waals surface area contributed by atoms with E-state index in [0.29, 0.717) is 0 Å². The largest absolute Gasteiger partial charge is 0.453 e. The molecule has 4 aromatic rings. The molecule has 0 saturated carbocycles. The highest BCUT2D eigenvalue weighted by Gasteiger charge is 2.17. The monoisotopic (exact) mass is 447 g/mol. The van der Waals surface area contributed by atoms with Gasteiger partial charge in [-0.15, -0.1) is 10.2 Å². The summed E-state index contributed by atoms with van der Waals surface area (Å²) in [4.78, 5) is 0. The molecule has 4 rings (SSSR count). The van der Waals surface area contributed by atoms with Gasteiger partial charge >= 0.3 is 0 Å². The molecule has 0 bridgehead atoms. The van der Waals surface area contributed by atoms with Crippen LogP contribution >= 0.6 is 39.3 Å². The molecular formula is C19H15BrClN3OS. The summed E-state index contributed by atoms with van der Waals surface area (Å²) >= 11 is 11.4. The minimum Gasteiger partial charge on any atom is -0.453 e. The molecule has 2 aromatic heterocycles. The van der Waals surface area contributed by atoms with Gasteiger partial charge in [0.2, 0.25) is 5.82 Å². The summed E-state index contributed by atoms with van der Waals surface area (Å²) in [5.74, 6) is 2.20. The summed E-state index contributed by atoms with van der Waals surface area (Å²) in [5, 5.41) is 11.4. The summed E-state index contributed by atoms with van der Waals surface area (Å²) < 4.78 is 9.05. The van der Waals surface area contributed by atoms with Crippen LogP contribution < -0.4 is 0 Å². The summed E-state index contributed by atoms with van der Waals surface area (Å²) in [7, 11) is 0.